The molecule has 0 spiro atoms. The highest BCUT2D eigenvalue weighted by Gasteiger charge is 2.37. The fourth-order valence-corrected chi connectivity index (χ4v) is 3.07. The first kappa shape index (κ1) is 18.1. The van der Waals surface area contributed by atoms with E-state index in [1.54, 1.807) is 24.4 Å². The molecule has 138 valence electrons. The van der Waals surface area contributed by atoms with Gasteiger partial charge in [-0.05, 0) is 36.6 Å². The lowest BCUT2D eigenvalue weighted by molar-refractivity contribution is -0.115. The fourth-order valence-electron chi connectivity index (χ4n) is 3.07. The predicted molar refractivity (Wildman–Crippen MR) is 99.1 cm³/mol. The zero-order chi connectivity index (χ0) is 18.7. The monoisotopic (exact) mass is 356 g/mol. The summed E-state index contributed by atoms with van der Waals surface area (Å²) in [6.45, 7) is 6.69. The lowest BCUT2D eigenvalue weighted by Crippen LogP contribution is -2.41. The Hall–Kier alpha value is -2.67. The van der Waals surface area contributed by atoms with E-state index < -0.39 is 6.23 Å². The van der Waals surface area contributed by atoms with Crippen molar-refractivity contribution in [3.63, 3.8) is 0 Å². The molecule has 1 saturated heterocycles. The topological polar surface area (TPSA) is 87.6 Å². The van der Waals surface area contributed by atoms with Gasteiger partial charge in [0.1, 0.15) is 11.6 Å². The van der Waals surface area contributed by atoms with E-state index in [0.29, 0.717) is 24.3 Å². The molecule has 1 aromatic carbocycles. The summed E-state index contributed by atoms with van der Waals surface area (Å²) in [7, 11) is 0. The molecule has 0 saturated carbocycles. The van der Waals surface area contributed by atoms with Crippen molar-refractivity contribution in [1.29, 1.82) is 0 Å². The summed E-state index contributed by atoms with van der Waals surface area (Å²) < 4.78 is 5.60. The van der Waals surface area contributed by atoms with Gasteiger partial charge in [-0.1, -0.05) is 26.0 Å². The summed E-state index contributed by atoms with van der Waals surface area (Å²) in [5, 5.41) is 12.7. The van der Waals surface area contributed by atoms with E-state index in [2.05, 4.69) is 29.1 Å². The molecule has 1 unspecified atom stereocenters. The van der Waals surface area contributed by atoms with Crippen LogP contribution >= 0.6 is 0 Å². The number of nitrogens with one attached hydrogen (secondary N) is 1. The number of anilines is 2. The molecular formula is C19H24N4O3. The Labute approximate surface area is 153 Å². The number of hydrogen-bond acceptors (Lipinski definition) is 7. The van der Waals surface area contributed by atoms with Gasteiger partial charge in [-0.2, -0.15) is 4.98 Å². The standard InChI is InChI=1S/C19H24N4O3/c1-12(2)16-11-26-18(10-24)23(16)17-8-9-20-19(22-17)21-13(3)14-4-6-15(25)7-5-14/h4-10,12-13,16,18,25H,11H2,1-3H3,(H,20,21,22)/t13-,16+,18?/m0/s1. The zero-order valence-corrected chi connectivity index (χ0v) is 15.2. The first-order valence-corrected chi connectivity index (χ1v) is 8.73. The Kier molecular flexibility index (Phi) is 5.37. The number of phenolic OH excluding ortho intramolecular Hbond substituents is 1. The van der Waals surface area contributed by atoms with Crippen LogP contribution in [0.2, 0.25) is 0 Å². The van der Waals surface area contributed by atoms with Gasteiger partial charge in [0, 0.05) is 6.20 Å². The highest BCUT2D eigenvalue weighted by molar-refractivity contribution is 5.64. The van der Waals surface area contributed by atoms with Crippen molar-refractivity contribution in [2.24, 2.45) is 5.92 Å². The second kappa shape index (κ2) is 7.70. The second-order valence-electron chi connectivity index (χ2n) is 6.77. The minimum atomic E-state index is -0.625. The molecule has 26 heavy (non-hydrogen) atoms. The molecule has 2 N–H and O–H groups in total. The first-order chi connectivity index (χ1) is 12.5. The zero-order valence-electron chi connectivity index (χ0n) is 15.2. The number of carbonyl (C=O) groups excluding carboxylic acids is 1. The summed E-state index contributed by atoms with van der Waals surface area (Å²) in [6, 6.07) is 8.83. The molecule has 1 aromatic heterocycles. The van der Waals surface area contributed by atoms with Crippen molar-refractivity contribution in [3.05, 3.63) is 42.1 Å². The number of nitrogens with zero attached hydrogens (tertiary/aromatic N) is 3. The van der Waals surface area contributed by atoms with Crippen molar-refractivity contribution >= 4 is 18.1 Å². The summed E-state index contributed by atoms with van der Waals surface area (Å²) in [5.41, 5.74) is 1.01. The molecule has 2 aromatic rings. The minimum absolute atomic E-state index is 0.0385. The molecule has 1 fully saturated rings. The lowest BCUT2D eigenvalue weighted by Gasteiger charge is -2.29. The number of phenols is 1. The largest absolute Gasteiger partial charge is 0.508 e. The molecule has 0 aliphatic carbocycles. The molecule has 0 amide bonds. The molecule has 1 aliphatic rings. The molecule has 0 bridgehead atoms. The van der Waals surface area contributed by atoms with Crippen LogP contribution in [0.3, 0.4) is 0 Å². The number of rotatable bonds is 6. The predicted octanol–water partition coefficient (Wildman–Crippen LogP) is 2.74. The number of ether oxygens (including phenoxy) is 1. The van der Waals surface area contributed by atoms with Crippen LogP contribution < -0.4 is 10.2 Å². The highest BCUT2D eigenvalue weighted by Crippen LogP contribution is 2.28. The van der Waals surface area contributed by atoms with Crippen molar-refractivity contribution in [2.75, 3.05) is 16.8 Å². The average Bonchev–Trinajstić information content (AvgIpc) is 3.07. The summed E-state index contributed by atoms with van der Waals surface area (Å²) in [5.74, 6) is 1.69. The molecule has 7 heteroatoms. The van der Waals surface area contributed by atoms with Gasteiger partial charge in [0.15, 0.2) is 12.5 Å². The molecule has 1 aliphatic heterocycles. The van der Waals surface area contributed by atoms with Crippen LogP contribution in [0.15, 0.2) is 36.5 Å². The minimum Gasteiger partial charge on any atom is -0.508 e. The van der Waals surface area contributed by atoms with E-state index in [1.807, 2.05) is 24.0 Å². The summed E-state index contributed by atoms with van der Waals surface area (Å²) in [4.78, 5) is 22.2. The summed E-state index contributed by atoms with van der Waals surface area (Å²) in [6.07, 6.45) is 1.85. The van der Waals surface area contributed by atoms with Gasteiger partial charge in [0.25, 0.3) is 0 Å². The van der Waals surface area contributed by atoms with Crippen LogP contribution in [-0.2, 0) is 9.53 Å². The smallest absolute Gasteiger partial charge is 0.225 e. The van der Waals surface area contributed by atoms with Gasteiger partial charge in [0.05, 0.1) is 18.7 Å². The second-order valence-corrected chi connectivity index (χ2v) is 6.77. The van der Waals surface area contributed by atoms with Crippen LogP contribution in [-0.4, -0.2) is 40.2 Å². The van der Waals surface area contributed by atoms with Crippen molar-refractivity contribution in [2.45, 2.75) is 39.1 Å². The molecule has 3 atom stereocenters. The van der Waals surface area contributed by atoms with E-state index in [1.165, 1.54) is 0 Å². The van der Waals surface area contributed by atoms with Gasteiger partial charge < -0.3 is 20.1 Å². The Morgan fingerprint density at radius 2 is 2.00 bits per heavy atom. The quantitative estimate of drug-likeness (QED) is 0.770. The summed E-state index contributed by atoms with van der Waals surface area (Å²) >= 11 is 0. The normalized spacial score (nSPS) is 21.0. The number of aromatic nitrogens is 2. The van der Waals surface area contributed by atoms with E-state index in [4.69, 9.17) is 4.74 Å². The van der Waals surface area contributed by atoms with E-state index in [9.17, 15) is 9.90 Å². The number of hydrogen-bond donors (Lipinski definition) is 2. The third kappa shape index (κ3) is 3.77. The fraction of sp³-hybridized carbons (Fsp3) is 0.421. The Balaban J connectivity index is 1.81. The molecule has 7 nitrogen and oxygen atoms in total. The number of aldehydes is 1. The van der Waals surface area contributed by atoms with Gasteiger partial charge in [-0.25, -0.2) is 4.98 Å². The number of carbonyl (C=O) groups is 1. The van der Waals surface area contributed by atoms with E-state index in [0.717, 1.165) is 11.8 Å². The van der Waals surface area contributed by atoms with Crippen LogP contribution in [0.5, 0.6) is 5.75 Å². The molecule has 3 rings (SSSR count). The van der Waals surface area contributed by atoms with Gasteiger partial charge >= 0.3 is 0 Å². The Morgan fingerprint density at radius 1 is 1.27 bits per heavy atom. The molecule has 2 heterocycles. The Morgan fingerprint density at radius 3 is 2.65 bits per heavy atom. The van der Waals surface area contributed by atoms with E-state index in [-0.39, 0.29) is 17.8 Å². The first-order valence-electron chi connectivity index (χ1n) is 8.73. The van der Waals surface area contributed by atoms with Gasteiger partial charge in [-0.15, -0.1) is 0 Å². The highest BCUT2D eigenvalue weighted by atomic mass is 16.5. The maximum atomic E-state index is 11.4. The number of benzene rings is 1. The maximum absolute atomic E-state index is 11.4. The van der Waals surface area contributed by atoms with Gasteiger partial charge in [-0.3, -0.25) is 4.79 Å². The Bertz CT molecular complexity index is 751. The van der Waals surface area contributed by atoms with E-state index >= 15 is 0 Å². The maximum Gasteiger partial charge on any atom is 0.225 e. The van der Waals surface area contributed by atoms with Gasteiger partial charge in [0.2, 0.25) is 5.95 Å². The SMILES string of the molecule is CC(C)[C@H]1COC(C=O)N1c1ccnc(N[C@@H](C)c2ccc(O)cc2)n1. The van der Waals surface area contributed by atoms with Crippen LogP contribution in [0.1, 0.15) is 32.4 Å². The van der Waals surface area contributed by atoms with Crippen molar-refractivity contribution < 1.29 is 14.6 Å². The average molecular weight is 356 g/mol. The van der Waals surface area contributed by atoms with Crippen molar-refractivity contribution in [1.82, 2.24) is 9.97 Å². The third-order valence-corrected chi connectivity index (χ3v) is 4.60. The van der Waals surface area contributed by atoms with Crippen molar-refractivity contribution in [3.8, 4) is 5.75 Å². The third-order valence-electron chi connectivity index (χ3n) is 4.60. The van der Waals surface area contributed by atoms with Crippen LogP contribution in [0.4, 0.5) is 11.8 Å². The number of aromatic hydroxyl groups is 1. The lowest BCUT2D eigenvalue weighted by atomic mass is 10.0. The van der Waals surface area contributed by atoms with Crippen LogP contribution in [0.25, 0.3) is 0 Å². The molecule has 0 radical (unpaired) electrons. The van der Waals surface area contributed by atoms with Crippen LogP contribution in [0, 0.1) is 5.92 Å². The molecular weight excluding hydrogens is 332 g/mol.